The standard InChI is InChI=1S/C22H21N2Si.C21H19N2Si.C21H25N2Si.2Ir/c1-25(2,3)19-12-21(17-7-5-4-6-8-17)22-20-10-9-16(13-23)11-18(20)14-24(22)15-19;1-24(2,3)21-15-23-20(18-11-9-16(14-22)10-12-18)13-19(21)17-7-5-4-6-8-17;1-24(2,3)19-13-20(17-7-5-4-6-8-17)21(23-15-19)18-11-9-16(14-22)10-12-18;;/h4-12,15H,14H2,1-3H3;4-11,13,15H,1-3H3;9-11,13,15,17H,4-8H2,1-3H3;;/q+1;2*-1;;. The number of rotatable bonds is 8. The zero-order valence-electron chi connectivity index (χ0n) is 44.6. The summed E-state index contributed by atoms with van der Waals surface area (Å²) >= 11 is 0. The summed E-state index contributed by atoms with van der Waals surface area (Å²) < 4.78 is 2.38. The van der Waals surface area contributed by atoms with Crippen LogP contribution in [0.15, 0.2) is 152 Å². The monoisotopic (exact) mass is 1390 g/mol. The van der Waals surface area contributed by atoms with E-state index in [0.717, 1.165) is 34.6 Å². The summed E-state index contributed by atoms with van der Waals surface area (Å²) in [6.45, 7) is 22.2. The molecule has 3 aromatic heterocycles. The first kappa shape index (κ1) is 58.2. The quantitative estimate of drug-likeness (QED) is 0.0857. The summed E-state index contributed by atoms with van der Waals surface area (Å²) in [5.41, 5.74) is 16.0. The third kappa shape index (κ3) is 14.1. The average Bonchev–Trinajstić information content (AvgIpc) is 3.79. The van der Waals surface area contributed by atoms with Crippen molar-refractivity contribution >= 4 is 39.8 Å². The van der Waals surface area contributed by atoms with Crippen molar-refractivity contribution in [2.24, 2.45) is 0 Å². The molecule has 1 saturated carbocycles. The molecule has 2 radical (unpaired) electrons. The van der Waals surface area contributed by atoms with E-state index in [9.17, 15) is 5.26 Å². The SMILES string of the molecule is C[Si](C)(C)c1cc(-c2ccccc2)c2[n+](c1)Cc1cc(C#N)ccc1-2.C[Si](C)(C)c1cnc(-c2[c-]cc(C#N)cc2)c(C2CCCCC2)c1.C[Si](C)(C)c1cnc(-c2[c-]cc(C#N)cc2)cc1-c1ccccc1.[Ir].[Ir]. The molecule has 0 spiro atoms. The second-order valence-corrected chi connectivity index (χ2v) is 37.6. The number of nitrogens with zero attached hydrogens (tertiary/aromatic N) is 6. The van der Waals surface area contributed by atoms with Crippen molar-refractivity contribution in [2.45, 2.75) is 103 Å². The molecule has 2 aliphatic rings. The van der Waals surface area contributed by atoms with Gasteiger partial charge in [-0.1, -0.05) is 157 Å². The van der Waals surface area contributed by atoms with Crippen LogP contribution in [0.25, 0.3) is 56.0 Å². The van der Waals surface area contributed by atoms with Crippen molar-refractivity contribution < 1.29 is 44.8 Å². The molecule has 4 heterocycles. The van der Waals surface area contributed by atoms with E-state index in [2.05, 4.69) is 190 Å². The maximum absolute atomic E-state index is 9.22. The van der Waals surface area contributed by atoms with Crippen molar-refractivity contribution in [1.29, 1.82) is 15.8 Å². The summed E-state index contributed by atoms with van der Waals surface area (Å²) in [6.07, 6.45) is 12.9. The number of hydrogen-bond acceptors (Lipinski definition) is 5. The van der Waals surface area contributed by atoms with Crippen LogP contribution in [0, 0.1) is 46.1 Å². The topological polar surface area (TPSA) is 101 Å². The minimum atomic E-state index is -1.52. The van der Waals surface area contributed by atoms with Crippen LogP contribution in [0.1, 0.15) is 65.8 Å². The van der Waals surface area contributed by atoms with Gasteiger partial charge in [0.25, 0.3) is 0 Å². The summed E-state index contributed by atoms with van der Waals surface area (Å²) in [7, 11) is -4.33. The molecule has 5 aromatic carbocycles. The van der Waals surface area contributed by atoms with Gasteiger partial charge in [-0.15, -0.1) is 59.7 Å². The molecule has 0 N–H and O–H groups in total. The minimum Gasteiger partial charge on any atom is -0.305 e. The molecule has 0 atom stereocenters. The Morgan fingerprint density at radius 3 is 1.63 bits per heavy atom. The largest absolute Gasteiger partial charge is 0.305 e. The van der Waals surface area contributed by atoms with E-state index in [4.69, 9.17) is 15.5 Å². The van der Waals surface area contributed by atoms with Gasteiger partial charge in [0.15, 0.2) is 12.7 Å². The van der Waals surface area contributed by atoms with Crippen LogP contribution in [-0.4, -0.2) is 34.2 Å². The Hall–Kier alpha value is -6.03. The minimum absolute atomic E-state index is 0. The second-order valence-electron chi connectivity index (χ2n) is 22.4. The van der Waals surface area contributed by atoms with Crippen molar-refractivity contribution in [3.8, 4) is 74.2 Å². The molecule has 11 heteroatoms. The first-order valence-electron chi connectivity index (χ1n) is 25.5. The van der Waals surface area contributed by atoms with Gasteiger partial charge < -0.3 is 9.97 Å². The number of fused-ring (bicyclic) bond motifs is 3. The number of nitriles is 3. The maximum atomic E-state index is 9.22. The molecule has 6 nitrogen and oxygen atoms in total. The van der Waals surface area contributed by atoms with E-state index in [1.165, 1.54) is 92.3 Å². The van der Waals surface area contributed by atoms with E-state index in [1.54, 1.807) is 12.1 Å². The Balaban J connectivity index is 0.000000181. The fourth-order valence-electron chi connectivity index (χ4n) is 9.72. The molecule has 1 aliphatic carbocycles. The van der Waals surface area contributed by atoms with E-state index in [-0.39, 0.29) is 40.2 Å². The molecule has 1 fully saturated rings. The second kappa shape index (κ2) is 25.2. The third-order valence-corrected chi connectivity index (χ3v) is 20.0. The summed E-state index contributed by atoms with van der Waals surface area (Å²) in [5, 5.41) is 31.4. The van der Waals surface area contributed by atoms with Gasteiger partial charge in [0.05, 0.1) is 47.0 Å². The van der Waals surface area contributed by atoms with Crippen LogP contribution in [0.2, 0.25) is 58.9 Å². The molecule has 8 aromatic rings. The van der Waals surface area contributed by atoms with Crippen LogP contribution in [0.4, 0.5) is 0 Å². The van der Waals surface area contributed by atoms with E-state index < -0.39 is 24.2 Å². The molecule has 0 unspecified atom stereocenters. The first-order chi connectivity index (χ1) is 34.9. The predicted octanol–water partition coefficient (Wildman–Crippen LogP) is 13.7. The van der Waals surface area contributed by atoms with Gasteiger partial charge in [-0.2, -0.15) is 9.83 Å². The molecule has 0 bridgehead atoms. The van der Waals surface area contributed by atoms with Gasteiger partial charge >= 0.3 is 0 Å². The average molecular weight is 1390 g/mol. The number of hydrogen-bond donors (Lipinski definition) is 0. The van der Waals surface area contributed by atoms with Gasteiger partial charge in [-0.25, -0.2) is 10.5 Å². The van der Waals surface area contributed by atoms with Crippen LogP contribution in [0.3, 0.4) is 0 Å². The van der Waals surface area contributed by atoms with Crippen LogP contribution < -0.4 is 20.1 Å². The molecular weight excluding hydrogens is 1320 g/mol. The van der Waals surface area contributed by atoms with Gasteiger partial charge in [0.2, 0.25) is 5.69 Å². The van der Waals surface area contributed by atoms with Crippen molar-refractivity contribution in [3.05, 3.63) is 192 Å². The van der Waals surface area contributed by atoms with Crippen LogP contribution in [-0.2, 0) is 46.8 Å². The molecule has 0 saturated heterocycles. The number of aromatic nitrogens is 3. The Morgan fingerprint density at radius 2 is 1.09 bits per heavy atom. The van der Waals surface area contributed by atoms with Gasteiger partial charge in [-0.05, 0) is 92.6 Å². The van der Waals surface area contributed by atoms with Gasteiger partial charge in [0.1, 0.15) is 0 Å². The summed E-state index contributed by atoms with van der Waals surface area (Å²) in [6, 6.07) is 58.2. The summed E-state index contributed by atoms with van der Waals surface area (Å²) in [5.74, 6) is 0.613. The third-order valence-electron chi connectivity index (χ3n) is 14.0. The van der Waals surface area contributed by atoms with E-state index in [1.807, 2.05) is 48.7 Å². The molecule has 0 amide bonds. The Labute approximate surface area is 476 Å². The maximum Gasteiger partial charge on any atom is 0.221 e. The number of benzene rings is 5. The normalized spacial score (nSPS) is 12.8. The molecule has 1 aliphatic heterocycles. The Bertz CT molecular complexity index is 3370. The molecule has 75 heavy (non-hydrogen) atoms. The van der Waals surface area contributed by atoms with Gasteiger partial charge in [-0.3, -0.25) is 0 Å². The fraction of sp³-hybridized carbons (Fsp3) is 0.250. The van der Waals surface area contributed by atoms with Gasteiger partial charge in [0, 0.05) is 75.5 Å². The first-order valence-corrected chi connectivity index (χ1v) is 36.0. The molecule has 10 rings (SSSR count). The van der Waals surface area contributed by atoms with E-state index >= 15 is 0 Å². The Kier molecular flexibility index (Phi) is 19.6. The fourth-order valence-corrected chi connectivity index (χ4v) is 13.4. The molecular formula is C64H65Ir2N6Si3-. The van der Waals surface area contributed by atoms with Crippen molar-refractivity contribution in [1.82, 2.24) is 9.97 Å². The van der Waals surface area contributed by atoms with Crippen molar-refractivity contribution in [3.63, 3.8) is 0 Å². The van der Waals surface area contributed by atoms with Crippen LogP contribution in [0.5, 0.6) is 0 Å². The zero-order valence-corrected chi connectivity index (χ0v) is 52.4. The number of pyridine rings is 3. The molecule has 382 valence electrons. The summed E-state index contributed by atoms with van der Waals surface area (Å²) in [4.78, 5) is 9.54. The van der Waals surface area contributed by atoms with Crippen LogP contribution >= 0.6 is 0 Å². The smallest absolute Gasteiger partial charge is 0.221 e. The van der Waals surface area contributed by atoms with Crippen molar-refractivity contribution in [2.75, 3.05) is 0 Å². The predicted molar refractivity (Wildman–Crippen MR) is 308 cm³/mol. The Morgan fingerprint density at radius 1 is 0.533 bits per heavy atom. The zero-order chi connectivity index (χ0) is 51.9. The van der Waals surface area contributed by atoms with E-state index in [0.29, 0.717) is 17.0 Å².